The van der Waals surface area contributed by atoms with Crippen LogP contribution in [0, 0.1) is 6.92 Å². The van der Waals surface area contributed by atoms with Crippen molar-refractivity contribution in [3.05, 3.63) is 23.3 Å². The summed E-state index contributed by atoms with van der Waals surface area (Å²) in [5.41, 5.74) is 0.153. The largest absolute Gasteiger partial charge is 0.544 e. The topological polar surface area (TPSA) is 80.7 Å². The van der Waals surface area contributed by atoms with Gasteiger partial charge < -0.3 is 9.53 Å². The predicted octanol–water partition coefficient (Wildman–Crippen LogP) is 2.83. The number of carboxylic acid groups (broad SMARTS) is 1. The highest BCUT2D eigenvalue weighted by molar-refractivity contribution is 8.13. The summed E-state index contributed by atoms with van der Waals surface area (Å²) in [5.74, 6) is -1.08. The van der Waals surface area contributed by atoms with Gasteiger partial charge >= 0.3 is 5.97 Å². The summed E-state index contributed by atoms with van der Waals surface area (Å²) in [7, 11) is -0.719. The molecule has 0 atom stereocenters. The monoisotopic (exact) mass is 322 g/mol. The van der Waals surface area contributed by atoms with Crippen LogP contribution in [0.25, 0.3) is 0 Å². The minimum atomic E-state index is -3.99. The third-order valence-electron chi connectivity index (χ3n) is 2.19. The van der Waals surface area contributed by atoms with Gasteiger partial charge in [0.1, 0.15) is 11.3 Å². The Morgan fingerprint density at radius 1 is 1.32 bits per heavy atom. The van der Waals surface area contributed by atoms with Crippen molar-refractivity contribution in [1.29, 1.82) is 0 Å². The maximum absolute atomic E-state index is 11.4. The molecule has 8 heteroatoms. The van der Waals surface area contributed by atoms with Gasteiger partial charge in [0.05, 0.1) is 4.90 Å². The Balaban J connectivity index is 3.51. The second-order valence-electron chi connectivity index (χ2n) is 5.07. The van der Waals surface area contributed by atoms with Gasteiger partial charge in [-0.05, 0) is 44.3 Å². The van der Waals surface area contributed by atoms with Gasteiger partial charge in [0.15, 0.2) is 0 Å². The van der Waals surface area contributed by atoms with Crippen molar-refractivity contribution in [2.45, 2.75) is 31.5 Å². The van der Waals surface area contributed by atoms with Crippen LogP contribution in [-0.4, -0.2) is 27.8 Å². The van der Waals surface area contributed by atoms with Crippen molar-refractivity contribution >= 4 is 34.0 Å². The summed E-state index contributed by atoms with van der Waals surface area (Å²) in [6, 6.07) is 2.44. The number of carboxylic acids is 1. The van der Waals surface area contributed by atoms with Crippen molar-refractivity contribution in [2.24, 2.45) is 0 Å². The molecule has 0 saturated heterocycles. The van der Waals surface area contributed by atoms with Crippen LogP contribution in [0.3, 0.4) is 0 Å². The van der Waals surface area contributed by atoms with Crippen LogP contribution in [0.4, 0.5) is 0 Å². The second-order valence-corrected chi connectivity index (χ2v) is 12.0. The molecule has 0 amide bonds. The Morgan fingerprint density at radius 2 is 1.84 bits per heavy atom. The van der Waals surface area contributed by atoms with Gasteiger partial charge in [0.25, 0.3) is 9.05 Å². The Labute approximate surface area is 117 Å². The molecule has 1 aromatic rings. The fraction of sp³-hybridized carbons (Fsp3) is 0.364. The number of aromatic carboxylic acids is 1. The lowest BCUT2D eigenvalue weighted by atomic mass is 10.1. The van der Waals surface area contributed by atoms with E-state index in [2.05, 4.69) is 0 Å². The second kappa shape index (κ2) is 5.14. The molecular weight excluding hydrogens is 308 g/mol. The maximum Gasteiger partial charge on any atom is 0.339 e. The van der Waals surface area contributed by atoms with Crippen LogP contribution in [0.2, 0.25) is 19.6 Å². The van der Waals surface area contributed by atoms with Crippen molar-refractivity contribution in [3.8, 4) is 5.75 Å². The highest BCUT2D eigenvalue weighted by atomic mass is 35.7. The molecule has 1 aromatic carbocycles. The number of hydrogen-bond acceptors (Lipinski definition) is 4. The lowest BCUT2D eigenvalue weighted by Crippen LogP contribution is -2.30. The molecule has 106 valence electrons. The van der Waals surface area contributed by atoms with Gasteiger partial charge in [-0.3, -0.25) is 0 Å². The summed E-state index contributed by atoms with van der Waals surface area (Å²) in [4.78, 5) is 11.0. The quantitative estimate of drug-likeness (QED) is 0.681. The van der Waals surface area contributed by atoms with Gasteiger partial charge in [-0.25, -0.2) is 13.2 Å². The van der Waals surface area contributed by atoms with Gasteiger partial charge in [0, 0.05) is 10.7 Å². The molecule has 5 nitrogen and oxygen atoms in total. The summed E-state index contributed by atoms with van der Waals surface area (Å²) < 4.78 is 28.4. The summed E-state index contributed by atoms with van der Waals surface area (Å²) in [6.07, 6.45) is 0. The smallest absolute Gasteiger partial charge is 0.339 e. The molecular formula is C11H15ClO5SSi. The summed E-state index contributed by atoms with van der Waals surface area (Å²) in [6.45, 7) is 7.25. The van der Waals surface area contributed by atoms with Crippen LogP contribution >= 0.6 is 10.7 Å². The summed E-state index contributed by atoms with van der Waals surface area (Å²) in [5, 5.41) is 9.14. The Kier molecular flexibility index (Phi) is 4.33. The van der Waals surface area contributed by atoms with E-state index in [1.807, 2.05) is 19.6 Å². The van der Waals surface area contributed by atoms with E-state index >= 15 is 0 Å². The van der Waals surface area contributed by atoms with E-state index in [1.165, 1.54) is 13.0 Å². The molecule has 0 bridgehead atoms. The molecule has 0 aliphatic heterocycles. The van der Waals surface area contributed by atoms with Gasteiger partial charge in [-0.15, -0.1) is 0 Å². The lowest BCUT2D eigenvalue weighted by Gasteiger charge is -2.21. The molecule has 1 N–H and O–H groups in total. The van der Waals surface area contributed by atoms with E-state index in [0.29, 0.717) is 5.56 Å². The molecule has 0 heterocycles. The first-order valence-electron chi connectivity index (χ1n) is 5.43. The third-order valence-corrected chi connectivity index (χ3v) is 4.48. The molecule has 0 unspecified atom stereocenters. The van der Waals surface area contributed by atoms with E-state index in [-0.39, 0.29) is 16.2 Å². The van der Waals surface area contributed by atoms with E-state index in [1.54, 1.807) is 0 Å². The van der Waals surface area contributed by atoms with Crippen LogP contribution in [0.5, 0.6) is 5.75 Å². The van der Waals surface area contributed by atoms with Crippen molar-refractivity contribution in [3.63, 3.8) is 0 Å². The number of halogens is 1. The van der Waals surface area contributed by atoms with Gasteiger partial charge in [0.2, 0.25) is 8.32 Å². The average Bonchev–Trinajstić information content (AvgIpc) is 2.11. The van der Waals surface area contributed by atoms with Crippen LogP contribution in [0.15, 0.2) is 17.0 Å². The lowest BCUT2D eigenvalue weighted by molar-refractivity contribution is 0.0694. The number of hydrogen-bond donors (Lipinski definition) is 1. The molecule has 0 aliphatic rings. The minimum absolute atomic E-state index is 0.174. The molecule has 0 radical (unpaired) electrons. The zero-order valence-corrected chi connectivity index (χ0v) is 13.6. The number of rotatable bonds is 4. The normalized spacial score (nSPS) is 12.3. The number of aryl methyl sites for hydroxylation is 1. The van der Waals surface area contributed by atoms with Crippen molar-refractivity contribution < 1.29 is 22.7 Å². The fourth-order valence-electron chi connectivity index (χ4n) is 1.51. The van der Waals surface area contributed by atoms with Gasteiger partial charge in [-0.1, -0.05) is 0 Å². The van der Waals surface area contributed by atoms with Crippen LogP contribution in [-0.2, 0) is 9.05 Å². The fourth-order valence-corrected chi connectivity index (χ4v) is 3.54. The van der Waals surface area contributed by atoms with E-state index in [0.717, 1.165) is 6.07 Å². The standard InChI is InChI=1S/C11H15ClO5SSi/c1-7-5-9(17-19(2,3)4)8(11(13)14)6-10(7)18(12,15)16/h5-6H,1-4H3,(H,13,14). The van der Waals surface area contributed by atoms with E-state index < -0.39 is 23.3 Å². The van der Waals surface area contributed by atoms with E-state index in [9.17, 15) is 13.2 Å². The molecule has 0 spiro atoms. The molecule has 0 saturated carbocycles. The molecule has 1 rings (SSSR count). The SMILES string of the molecule is Cc1cc(O[Si](C)(C)C)c(C(=O)O)cc1S(=O)(=O)Cl. The highest BCUT2D eigenvalue weighted by Gasteiger charge is 2.24. The van der Waals surface area contributed by atoms with Crippen LogP contribution in [0.1, 0.15) is 15.9 Å². The molecule has 19 heavy (non-hydrogen) atoms. The zero-order chi connectivity index (χ0) is 15.0. The molecule has 0 aliphatic carbocycles. The number of carbonyl (C=O) groups is 1. The van der Waals surface area contributed by atoms with Gasteiger partial charge in [-0.2, -0.15) is 0 Å². The van der Waals surface area contributed by atoms with Crippen LogP contribution < -0.4 is 4.43 Å². The van der Waals surface area contributed by atoms with E-state index in [4.69, 9.17) is 20.2 Å². The predicted molar refractivity (Wildman–Crippen MR) is 75.2 cm³/mol. The number of benzene rings is 1. The molecule has 0 aromatic heterocycles. The first-order chi connectivity index (χ1) is 8.42. The average molecular weight is 323 g/mol. The first kappa shape index (κ1) is 16.0. The Morgan fingerprint density at radius 3 is 2.21 bits per heavy atom. The first-order valence-corrected chi connectivity index (χ1v) is 11.2. The summed E-state index contributed by atoms with van der Waals surface area (Å²) >= 11 is 0. The highest BCUT2D eigenvalue weighted by Crippen LogP contribution is 2.30. The minimum Gasteiger partial charge on any atom is -0.544 e. The Hall–Kier alpha value is -1.05. The van der Waals surface area contributed by atoms with Crippen molar-refractivity contribution in [2.75, 3.05) is 0 Å². The zero-order valence-electron chi connectivity index (χ0n) is 11.0. The Bertz CT molecular complexity index is 619. The molecule has 0 fully saturated rings. The third kappa shape index (κ3) is 4.22. The van der Waals surface area contributed by atoms with Crippen molar-refractivity contribution in [1.82, 2.24) is 0 Å². The maximum atomic E-state index is 11.4.